The maximum Gasteiger partial charge on any atom is 0.303 e. The van der Waals surface area contributed by atoms with Gasteiger partial charge in [-0.15, -0.1) is 12.3 Å². The van der Waals surface area contributed by atoms with Gasteiger partial charge >= 0.3 is 5.97 Å². The molecule has 1 heterocycles. The zero-order chi connectivity index (χ0) is 20.7. The summed E-state index contributed by atoms with van der Waals surface area (Å²) in [5, 5.41) is 13.4. The molecule has 0 radical (unpaired) electrons. The molecule has 0 aliphatic carbocycles. The van der Waals surface area contributed by atoms with Crippen LogP contribution in [0, 0.1) is 38.0 Å². The van der Waals surface area contributed by atoms with Crippen LogP contribution in [0.2, 0.25) is 0 Å². The Labute approximate surface area is 165 Å². The molecule has 1 aromatic carbocycles. The zero-order valence-corrected chi connectivity index (χ0v) is 16.3. The Morgan fingerprint density at radius 1 is 1.21 bits per heavy atom. The van der Waals surface area contributed by atoms with E-state index < -0.39 is 5.97 Å². The number of carboxylic acid groups (broad SMARTS) is 1. The predicted molar refractivity (Wildman–Crippen MR) is 107 cm³/mol. The summed E-state index contributed by atoms with van der Waals surface area (Å²) in [6.45, 7) is 5.97. The lowest BCUT2D eigenvalue weighted by molar-refractivity contribution is -0.136. The van der Waals surface area contributed by atoms with E-state index in [1.54, 1.807) is 23.7 Å². The highest BCUT2D eigenvalue weighted by atomic mass is 16.4. The lowest BCUT2D eigenvalue weighted by Crippen LogP contribution is -2.31. The largest absolute Gasteiger partial charge is 0.481 e. The normalized spacial score (nSPS) is 9.93. The van der Waals surface area contributed by atoms with Crippen molar-refractivity contribution in [1.29, 1.82) is 0 Å². The van der Waals surface area contributed by atoms with Gasteiger partial charge in [0.1, 0.15) is 0 Å². The molecule has 6 nitrogen and oxygen atoms in total. The fourth-order valence-electron chi connectivity index (χ4n) is 2.93. The van der Waals surface area contributed by atoms with Gasteiger partial charge in [0.2, 0.25) is 0 Å². The zero-order valence-electron chi connectivity index (χ0n) is 16.3. The van der Waals surface area contributed by atoms with Crippen molar-refractivity contribution in [2.24, 2.45) is 0 Å². The summed E-state index contributed by atoms with van der Waals surface area (Å²) in [6, 6.07) is 7.09. The second-order valence-corrected chi connectivity index (χ2v) is 6.29. The molecule has 0 aliphatic rings. The van der Waals surface area contributed by atoms with Crippen molar-refractivity contribution in [2.75, 3.05) is 13.1 Å². The number of aromatic nitrogens is 2. The number of carbonyl (C=O) groups is 2. The van der Waals surface area contributed by atoms with Gasteiger partial charge in [0.05, 0.1) is 24.5 Å². The van der Waals surface area contributed by atoms with Crippen LogP contribution in [0.3, 0.4) is 0 Å². The molecule has 0 atom stereocenters. The van der Waals surface area contributed by atoms with Gasteiger partial charge in [-0.3, -0.25) is 9.59 Å². The molecule has 144 valence electrons. The number of amides is 1. The van der Waals surface area contributed by atoms with Crippen molar-refractivity contribution in [3.05, 3.63) is 46.8 Å². The number of hydrogen-bond acceptors (Lipinski definition) is 3. The lowest BCUT2D eigenvalue weighted by atomic mass is 10.1. The number of carboxylic acids is 1. The van der Waals surface area contributed by atoms with Crippen molar-refractivity contribution in [1.82, 2.24) is 14.7 Å². The molecule has 1 aromatic heterocycles. The summed E-state index contributed by atoms with van der Waals surface area (Å²) >= 11 is 0. The number of aryl methyl sites for hydroxylation is 1. The summed E-state index contributed by atoms with van der Waals surface area (Å²) in [4.78, 5) is 25.0. The summed E-state index contributed by atoms with van der Waals surface area (Å²) in [5.41, 5.74) is 3.95. The molecule has 0 saturated carbocycles. The molecule has 2 rings (SSSR count). The monoisotopic (exact) mass is 377 g/mol. The van der Waals surface area contributed by atoms with Gasteiger partial charge in [0.25, 0.3) is 5.91 Å². The summed E-state index contributed by atoms with van der Waals surface area (Å²) in [6.07, 6.45) is 5.85. The third-order valence-corrected chi connectivity index (χ3v) is 4.40. The third-order valence-electron chi connectivity index (χ3n) is 4.40. The highest BCUT2D eigenvalue weighted by Crippen LogP contribution is 2.20. The number of aliphatic carboxylic acids is 1. The predicted octanol–water partition coefficient (Wildman–Crippen LogP) is 2.61. The fourth-order valence-corrected chi connectivity index (χ4v) is 2.93. The van der Waals surface area contributed by atoms with Gasteiger partial charge in [-0.05, 0) is 57.0 Å². The lowest BCUT2D eigenvalue weighted by Gasteiger charge is -2.17. The number of carbonyl (C=O) groups excluding carboxylic acids is 1. The Morgan fingerprint density at radius 3 is 2.46 bits per heavy atom. The Kier molecular flexibility index (Phi) is 7.01. The Morgan fingerprint density at radius 2 is 1.89 bits per heavy atom. The molecule has 0 aliphatic heterocycles. The number of terminal acetylenes is 1. The molecular weight excluding hydrogens is 354 g/mol. The van der Waals surface area contributed by atoms with E-state index in [2.05, 4.69) is 22.9 Å². The first-order valence-electron chi connectivity index (χ1n) is 8.88. The van der Waals surface area contributed by atoms with Gasteiger partial charge in [-0.2, -0.15) is 5.10 Å². The second kappa shape index (κ2) is 9.43. The van der Waals surface area contributed by atoms with Crippen LogP contribution < -0.4 is 0 Å². The summed E-state index contributed by atoms with van der Waals surface area (Å²) in [7, 11) is 0. The van der Waals surface area contributed by atoms with E-state index in [4.69, 9.17) is 11.5 Å². The topological polar surface area (TPSA) is 75.4 Å². The van der Waals surface area contributed by atoms with Crippen molar-refractivity contribution >= 4 is 11.9 Å². The number of benzene rings is 1. The van der Waals surface area contributed by atoms with E-state index in [1.807, 2.05) is 26.0 Å². The van der Waals surface area contributed by atoms with Crippen LogP contribution in [-0.4, -0.2) is 44.8 Å². The molecule has 28 heavy (non-hydrogen) atoms. The number of hydrogen-bond donors (Lipinski definition) is 1. The highest BCUT2D eigenvalue weighted by Gasteiger charge is 2.16. The van der Waals surface area contributed by atoms with E-state index in [0.29, 0.717) is 12.0 Å². The van der Waals surface area contributed by atoms with Gasteiger partial charge in [0, 0.05) is 17.7 Å². The molecule has 1 N–H and O–H groups in total. The fraction of sp³-hybridized carbons (Fsp3) is 0.318. The molecule has 0 saturated heterocycles. The SMILES string of the molecule is C#CCN(CC#CC)C(=O)c1ccc(-n2nc(C)c(CCC(=O)O)c2C)cc1. The Balaban J connectivity index is 2.25. The Bertz CT molecular complexity index is 969. The quantitative estimate of drug-likeness (QED) is 0.753. The first kappa shape index (κ1) is 20.8. The first-order chi connectivity index (χ1) is 13.4. The minimum absolute atomic E-state index is 0.0620. The highest BCUT2D eigenvalue weighted by molar-refractivity contribution is 5.94. The second-order valence-electron chi connectivity index (χ2n) is 6.29. The van der Waals surface area contributed by atoms with Crippen molar-refractivity contribution in [3.8, 4) is 29.9 Å². The first-order valence-corrected chi connectivity index (χ1v) is 8.88. The van der Waals surface area contributed by atoms with Crippen LogP contribution in [0.1, 0.15) is 40.7 Å². The van der Waals surface area contributed by atoms with Crippen LogP contribution >= 0.6 is 0 Å². The van der Waals surface area contributed by atoms with Crippen molar-refractivity contribution < 1.29 is 14.7 Å². The van der Waals surface area contributed by atoms with E-state index >= 15 is 0 Å². The molecule has 0 fully saturated rings. The molecule has 2 aromatic rings. The minimum atomic E-state index is -0.835. The summed E-state index contributed by atoms with van der Waals surface area (Å²) < 4.78 is 1.77. The maximum atomic E-state index is 12.6. The standard InChI is InChI=1S/C22H23N3O3/c1-5-7-15-24(14-6-2)22(28)18-8-10-19(11-9-18)25-17(4)20(16(3)23-25)12-13-21(26)27/h2,8-11H,12-15H2,1,3-4H3,(H,26,27). The third kappa shape index (κ3) is 4.81. The Hall–Kier alpha value is -3.51. The number of nitrogens with zero attached hydrogens (tertiary/aromatic N) is 3. The molecule has 1 amide bonds. The van der Waals surface area contributed by atoms with Crippen LogP contribution in [0.4, 0.5) is 0 Å². The van der Waals surface area contributed by atoms with Gasteiger partial charge in [-0.25, -0.2) is 4.68 Å². The van der Waals surface area contributed by atoms with Crippen LogP contribution in [0.15, 0.2) is 24.3 Å². The van der Waals surface area contributed by atoms with Crippen molar-refractivity contribution in [2.45, 2.75) is 33.6 Å². The average Bonchev–Trinajstić information content (AvgIpc) is 2.96. The molecule has 6 heteroatoms. The molecule has 0 bridgehead atoms. The van der Waals surface area contributed by atoms with Gasteiger partial charge in [0.15, 0.2) is 0 Å². The minimum Gasteiger partial charge on any atom is -0.481 e. The number of rotatable bonds is 7. The van der Waals surface area contributed by atoms with E-state index in [0.717, 1.165) is 22.6 Å². The molecule has 0 unspecified atom stereocenters. The van der Waals surface area contributed by atoms with Crippen LogP contribution in [0.5, 0.6) is 0 Å². The molecule has 0 spiro atoms. The summed E-state index contributed by atoms with van der Waals surface area (Å²) in [5.74, 6) is 7.09. The van der Waals surface area contributed by atoms with Gasteiger partial charge in [-0.1, -0.05) is 11.8 Å². The van der Waals surface area contributed by atoms with Crippen LogP contribution in [0.25, 0.3) is 5.69 Å². The maximum absolute atomic E-state index is 12.6. The molecular formula is C22H23N3O3. The van der Waals surface area contributed by atoms with E-state index in [1.165, 1.54) is 4.90 Å². The van der Waals surface area contributed by atoms with Crippen molar-refractivity contribution in [3.63, 3.8) is 0 Å². The van der Waals surface area contributed by atoms with E-state index in [9.17, 15) is 9.59 Å². The van der Waals surface area contributed by atoms with Crippen LogP contribution in [-0.2, 0) is 11.2 Å². The van der Waals surface area contributed by atoms with Gasteiger partial charge < -0.3 is 10.0 Å². The smallest absolute Gasteiger partial charge is 0.303 e. The van der Waals surface area contributed by atoms with E-state index in [-0.39, 0.29) is 25.4 Å². The average molecular weight is 377 g/mol.